The number of aliphatic hydroxyl groups is 1. The molecule has 0 saturated heterocycles. The van der Waals surface area contributed by atoms with Crippen LogP contribution in [-0.2, 0) is 26.9 Å². The van der Waals surface area contributed by atoms with Crippen molar-refractivity contribution in [3.8, 4) is 0 Å². The number of hydrogen-bond donors (Lipinski definition) is 2. The Balaban J connectivity index is 1.80. The monoisotopic (exact) mass is 433 g/mol. The summed E-state index contributed by atoms with van der Waals surface area (Å²) < 4.78 is 33.5. The molecule has 0 spiro atoms. The maximum Gasteiger partial charge on any atom is 0.366 e. The summed E-state index contributed by atoms with van der Waals surface area (Å²) in [5.41, 5.74) is 2.49. The Hall–Kier alpha value is -1.70. The standard InChI is InChI=1S/C23H31NO5S/c1-4-9-23-11-10-22(3)14-18(26)13-21(22)20(23)7-5-16-12-17(6-8-19(16)23)24(15(2)25)30(27,28)29/h4,6,8,12,18,20-21,26H,1,5,7,9-11,13-14H2,2-3H3,(H,27,28,29)/t18-,20?,21?,22-,23-/m1/s1. The minimum atomic E-state index is -4.68. The second-order valence-corrected chi connectivity index (χ2v) is 11.0. The van der Waals surface area contributed by atoms with Gasteiger partial charge in [0, 0.05) is 12.3 Å². The van der Waals surface area contributed by atoms with Gasteiger partial charge in [-0.1, -0.05) is 19.1 Å². The highest BCUT2D eigenvalue weighted by atomic mass is 32.2. The highest BCUT2D eigenvalue weighted by Crippen LogP contribution is 2.64. The zero-order valence-electron chi connectivity index (χ0n) is 17.7. The second kappa shape index (κ2) is 7.18. The lowest BCUT2D eigenvalue weighted by molar-refractivity contribution is -0.115. The van der Waals surface area contributed by atoms with Crippen molar-refractivity contribution in [2.24, 2.45) is 17.3 Å². The summed E-state index contributed by atoms with van der Waals surface area (Å²) in [7, 11) is -4.68. The molecule has 2 saturated carbocycles. The molecule has 6 nitrogen and oxygen atoms in total. The van der Waals surface area contributed by atoms with Crippen LogP contribution in [-0.4, -0.2) is 30.1 Å². The molecule has 1 aromatic rings. The number of anilines is 1. The van der Waals surface area contributed by atoms with Crippen LogP contribution in [0.1, 0.15) is 63.5 Å². The molecule has 7 heteroatoms. The summed E-state index contributed by atoms with van der Waals surface area (Å²) in [6.45, 7) is 7.46. The fourth-order valence-electron chi connectivity index (χ4n) is 6.99. The fourth-order valence-corrected chi connectivity index (χ4v) is 7.69. The Morgan fingerprint density at radius 3 is 2.70 bits per heavy atom. The van der Waals surface area contributed by atoms with Gasteiger partial charge in [0.25, 0.3) is 0 Å². The lowest BCUT2D eigenvalue weighted by Gasteiger charge is -2.56. The van der Waals surface area contributed by atoms with Gasteiger partial charge >= 0.3 is 10.3 Å². The van der Waals surface area contributed by atoms with Crippen molar-refractivity contribution in [1.29, 1.82) is 0 Å². The smallest absolute Gasteiger partial charge is 0.366 e. The third-order valence-corrected chi connectivity index (χ3v) is 9.00. The molecule has 164 valence electrons. The summed E-state index contributed by atoms with van der Waals surface area (Å²) >= 11 is 0. The zero-order chi connectivity index (χ0) is 21.9. The van der Waals surface area contributed by atoms with Gasteiger partial charge in [0.2, 0.25) is 5.91 Å². The predicted molar refractivity (Wildman–Crippen MR) is 116 cm³/mol. The molecule has 0 heterocycles. The van der Waals surface area contributed by atoms with Crippen LogP contribution in [0.4, 0.5) is 5.69 Å². The van der Waals surface area contributed by atoms with Crippen molar-refractivity contribution in [1.82, 2.24) is 0 Å². The second-order valence-electron chi connectivity index (χ2n) is 9.75. The molecular weight excluding hydrogens is 402 g/mol. The fraction of sp³-hybridized carbons (Fsp3) is 0.609. The van der Waals surface area contributed by atoms with Gasteiger partial charge in [0.1, 0.15) is 0 Å². The molecule has 0 bridgehead atoms. The Morgan fingerprint density at radius 2 is 2.07 bits per heavy atom. The summed E-state index contributed by atoms with van der Waals surface area (Å²) in [6, 6.07) is 5.30. The van der Waals surface area contributed by atoms with E-state index in [0.29, 0.717) is 16.1 Å². The van der Waals surface area contributed by atoms with E-state index in [0.717, 1.165) is 57.4 Å². The average Bonchev–Trinajstić information content (AvgIpc) is 2.94. The van der Waals surface area contributed by atoms with E-state index in [4.69, 9.17) is 0 Å². The Kier molecular flexibility index (Phi) is 5.15. The van der Waals surface area contributed by atoms with E-state index in [1.807, 2.05) is 12.1 Å². The van der Waals surface area contributed by atoms with Crippen LogP contribution in [0, 0.1) is 17.3 Å². The number of rotatable bonds is 4. The van der Waals surface area contributed by atoms with Gasteiger partial charge in [-0.05, 0) is 85.5 Å². The van der Waals surface area contributed by atoms with Gasteiger partial charge in [-0.15, -0.1) is 6.58 Å². The van der Waals surface area contributed by atoms with Gasteiger partial charge in [0.05, 0.1) is 11.8 Å². The summed E-state index contributed by atoms with van der Waals surface area (Å²) in [5.74, 6) is 0.149. The molecule has 0 aliphatic heterocycles. The third-order valence-electron chi connectivity index (χ3n) is 8.07. The number of hydrogen-bond acceptors (Lipinski definition) is 4. The number of aryl methyl sites for hydroxylation is 1. The molecule has 2 fully saturated rings. The highest BCUT2D eigenvalue weighted by Gasteiger charge is 2.58. The van der Waals surface area contributed by atoms with Crippen molar-refractivity contribution in [2.45, 2.75) is 70.3 Å². The van der Waals surface area contributed by atoms with Crippen LogP contribution in [0.25, 0.3) is 0 Å². The SMILES string of the molecule is C=CC[C@]12CC[C@]3(C)C[C@H](O)CC3C1CCc1cc(N(C(C)=O)S(=O)(=O)O)ccc12. The van der Waals surface area contributed by atoms with E-state index < -0.39 is 16.2 Å². The first-order chi connectivity index (χ1) is 14.0. The molecular formula is C23H31NO5S. The molecule has 2 N–H and O–H groups in total. The van der Waals surface area contributed by atoms with E-state index in [2.05, 4.69) is 13.5 Å². The summed E-state index contributed by atoms with van der Waals surface area (Å²) in [6.07, 6.45) is 8.08. The molecule has 3 aliphatic rings. The molecule has 1 aromatic carbocycles. The van der Waals surface area contributed by atoms with E-state index in [1.165, 1.54) is 5.56 Å². The minimum absolute atomic E-state index is 0.0821. The summed E-state index contributed by atoms with van der Waals surface area (Å²) in [4.78, 5) is 11.9. The van der Waals surface area contributed by atoms with Crippen LogP contribution in [0.2, 0.25) is 0 Å². The quantitative estimate of drug-likeness (QED) is 0.556. The summed E-state index contributed by atoms with van der Waals surface area (Å²) in [5, 5.41) is 10.4. The molecule has 1 amide bonds. The van der Waals surface area contributed by atoms with Crippen LogP contribution >= 0.6 is 0 Å². The first-order valence-corrected chi connectivity index (χ1v) is 12.1. The normalized spacial score (nSPS) is 35.1. The molecule has 30 heavy (non-hydrogen) atoms. The first-order valence-electron chi connectivity index (χ1n) is 10.7. The van der Waals surface area contributed by atoms with Crippen LogP contribution in [0.5, 0.6) is 0 Å². The highest BCUT2D eigenvalue weighted by molar-refractivity contribution is 7.88. The average molecular weight is 434 g/mol. The van der Waals surface area contributed by atoms with Crippen molar-refractivity contribution in [3.05, 3.63) is 42.0 Å². The molecule has 0 radical (unpaired) electrons. The van der Waals surface area contributed by atoms with E-state index in [9.17, 15) is 22.9 Å². The molecule has 2 unspecified atom stereocenters. The number of aliphatic hydroxyl groups excluding tert-OH is 1. The number of fused-ring (bicyclic) bond motifs is 5. The van der Waals surface area contributed by atoms with Crippen molar-refractivity contribution in [3.63, 3.8) is 0 Å². The van der Waals surface area contributed by atoms with Crippen LogP contribution in [0.15, 0.2) is 30.9 Å². The number of benzene rings is 1. The maximum absolute atomic E-state index is 11.9. The van der Waals surface area contributed by atoms with Crippen LogP contribution < -0.4 is 4.31 Å². The number of allylic oxidation sites excluding steroid dienone is 1. The van der Waals surface area contributed by atoms with Gasteiger partial charge < -0.3 is 5.11 Å². The maximum atomic E-state index is 11.9. The minimum Gasteiger partial charge on any atom is -0.393 e. The first kappa shape index (κ1) is 21.5. The van der Waals surface area contributed by atoms with Gasteiger partial charge in [0.15, 0.2) is 0 Å². The van der Waals surface area contributed by atoms with Gasteiger partial charge in [-0.3, -0.25) is 9.35 Å². The topological polar surface area (TPSA) is 94.9 Å². The number of carbonyl (C=O) groups excluding carboxylic acids is 1. The van der Waals surface area contributed by atoms with E-state index >= 15 is 0 Å². The van der Waals surface area contributed by atoms with Gasteiger partial charge in [-0.25, -0.2) is 0 Å². The van der Waals surface area contributed by atoms with E-state index in [-0.39, 0.29) is 22.6 Å². The van der Waals surface area contributed by atoms with E-state index in [1.54, 1.807) is 12.1 Å². The number of amides is 1. The largest absolute Gasteiger partial charge is 0.393 e. The number of nitrogens with zero attached hydrogens (tertiary/aromatic N) is 1. The Morgan fingerprint density at radius 1 is 1.33 bits per heavy atom. The van der Waals surface area contributed by atoms with Gasteiger partial charge in [-0.2, -0.15) is 12.7 Å². The molecule has 0 aromatic heterocycles. The van der Waals surface area contributed by atoms with Crippen molar-refractivity contribution in [2.75, 3.05) is 4.31 Å². The molecule has 5 atom stereocenters. The van der Waals surface area contributed by atoms with Crippen molar-refractivity contribution >= 4 is 21.9 Å². The molecule has 3 aliphatic carbocycles. The lowest BCUT2D eigenvalue weighted by Crippen LogP contribution is -2.50. The predicted octanol–water partition coefficient (Wildman–Crippen LogP) is 3.79. The Labute approximate surface area is 178 Å². The third kappa shape index (κ3) is 3.22. The number of carbonyl (C=O) groups is 1. The van der Waals surface area contributed by atoms with Crippen LogP contribution in [0.3, 0.4) is 0 Å². The Bertz CT molecular complexity index is 989. The molecule has 4 rings (SSSR count). The lowest BCUT2D eigenvalue weighted by atomic mass is 9.48. The van der Waals surface area contributed by atoms with Crippen molar-refractivity contribution < 1.29 is 22.9 Å². The zero-order valence-corrected chi connectivity index (χ0v) is 18.5.